The molecular formula is C14H19N3O4. The number of carbonyl (C=O) groups excluding carboxylic acids is 2. The van der Waals surface area contributed by atoms with Crippen molar-refractivity contribution in [1.82, 2.24) is 4.68 Å². The highest BCUT2D eigenvalue weighted by Crippen LogP contribution is 2.31. The lowest BCUT2D eigenvalue weighted by atomic mass is 9.89. The van der Waals surface area contributed by atoms with Crippen molar-refractivity contribution < 1.29 is 19.1 Å². The van der Waals surface area contributed by atoms with Gasteiger partial charge < -0.3 is 9.47 Å². The number of ether oxygens (including phenoxy) is 2. The summed E-state index contributed by atoms with van der Waals surface area (Å²) in [6.07, 6.45) is -0.695. The summed E-state index contributed by atoms with van der Waals surface area (Å²) in [5.41, 5.74) is 3.26. The molecule has 0 bridgehead atoms. The van der Waals surface area contributed by atoms with Crippen LogP contribution in [0.4, 0.5) is 4.79 Å². The number of hydrogen-bond acceptors (Lipinski definition) is 5. The third-order valence-corrected chi connectivity index (χ3v) is 3.01. The fourth-order valence-electron chi connectivity index (χ4n) is 2.14. The minimum Gasteiger partial charge on any atom is -0.465 e. The van der Waals surface area contributed by atoms with Gasteiger partial charge in [-0.05, 0) is 6.92 Å². The number of hydrogen-bond donors (Lipinski definition) is 1. The minimum absolute atomic E-state index is 0.140. The predicted molar refractivity (Wildman–Crippen MR) is 75.7 cm³/mol. The van der Waals surface area contributed by atoms with Gasteiger partial charge in [0, 0.05) is 5.41 Å². The first-order valence-corrected chi connectivity index (χ1v) is 6.28. The molecule has 114 valence electrons. The molecule has 1 heterocycles. The van der Waals surface area contributed by atoms with Gasteiger partial charge in [-0.1, -0.05) is 20.8 Å². The van der Waals surface area contributed by atoms with E-state index in [-0.39, 0.29) is 11.1 Å². The van der Waals surface area contributed by atoms with Gasteiger partial charge >= 0.3 is 12.1 Å². The van der Waals surface area contributed by atoms with Gasteiger partial charge in [-0.2, -0.15) is 5.26 Å². The number of nitrogens with one attached hydrogen (secondary N) is 1. The molecule has 0 spiro atoms. The van der Waals surface area contributed by atoms with Crippen LogP contribution in [0, 0.1) is 18.3 Å². The lowest BCUT2D eigenvalue weighted by Crippen LogP contribution is -2.30. The van der Waals surface area contributed by atoms with Crippen molar-refractivity contribution in [2.45, 2.75) is 33.1 Å². The standard InChI is InChI=1S/C14H19N3O4/c1-8-10(12(18)20-5)9(7-15)11(14(2,3)4)17(8)16-13(19)21-6/h1-6H3,(H,16,19). The van der Waals surface area contributed by atoms with E-state index in [1.165, 1.54) is 18.9 Å². The second kappa shape index (κ2) is 5.87. The maximum absolute atomic E-state index is 11.9. The second-order valence-corrected chi connectivity index (χ2v) is 5.48. The summed E-state index contributed by atoms with van der Waals surface area (Å²) in [5.74, 6) is -0.625. The number of nitrogens with zero attached hydrogens (tertiary/aromatic N) is 2. The van der Waals surface area contributed by atoms with Crippen LogP contribution in [0.5, 0.6) is 0 Å². The van der Waals surface area contributed by atoms with Crippen LogP contribution in [0.2, 0.25) is 0 Å². The average molecular weight is 293 g/mol. The smallest absolute Gasteiger partial charge is 0.426 e. The van der Waals surface area contributed by atoms with E-state index in [2.05, 4.69) is 10.2 Å². The minimum atomic E-state index is -0.695. The van der Waals surface area contributed by atoms with E-state index >= 15 is 0 Å². The summed E-state index contributed by atoms with van der Waals surface area (Å²) in [4.78, 5) is 23.4. The Hall–Kier alpha value is -2.49. The van der Waals surface area contributed by atoms with Gasteiger partial charge in [0.2, 0.25) is 0 Å². The number of amides is 1. The summed E-state index contributed by atoms with van der Waals surface area (Å²) in [7, 11) is 2.47. The second-order valence-electron chi connectivity index (χ2n) is 5.48. The average Bonchev–Trinajstić information content (AvgIpc) is 2.70. The first kappa shape index (κ1) is 16.6. The van der Waals surface area contributed by atoms with Gasteiger partial charge in [0.05, 0.1) is 31.2 Å². The zero-order chi connectivity index (χ0) is 16.4. The highest BCUT2D eigenvalue weighted by atomic mass is 16.5. The Morgan fingerprint density at radius 3 is 2.19 bits per heavy atom. The van der Waals surface area contributed by atoms with Crippen LogP contribution in [-0.2, 0) is 14.9 Å². The molecule has 1 N–H and O–H groups in total. The number of carbonyl (C=O) groups is 2. The van der Waals surface area contributed by atoms with Gasteiger partial charge in [0.15, 0.2) is 0 Å². The van der Waals surface area contributed by atoms with Crippen molar-refractivity contribution >= 4 is 12.1 Å². The molecule has 0 aliphatic heterocycles. The Labute approximate surface area is 123 Å². The molecule has 1 aromatic heterocycles. The first-order chi connectivity index (χ1) is 9.68. The molecule has 1 rings (SSSR count). The fraction of sp³-hybridized carbons (Fsp3) is 0.500. The van der Waals surface area contributed by atoms with Crippen molar-refractivity contribution in [3.8, 4) is 6.07 Å². The van der Waals surface area contributed by atoms with E-state index in [1.807, 2.05) is 26.8 Å². The van der Waals surface area contributed by atoms with Gasteiger partial charge in [-0.15, -0.1) is 0 Å². The molecule has 0 atom stereocenters. The van der Waals surface area contributed by atoms with Gasteiger partial charge in [0.25, 0.3) is 0 Å². The Morgan fingerprint density at radius 2 is 1.81 bits per heavy atom. The molecule has 0 saturated carbocycles. The summed E-state index contributed by atoms with van der Waals surface area (Å²) in [6.45, 7) is 7.25. The number of rotatable bonds is 2. The molecule has 7 nitrogen and oxygen atoms in total. The van der Waals surface area contributed by atoms with Crippen LogP contribution in [0.25, 0.3) is 0 Å². The van der Waals surface area contributed by atoms with E-state index in [1.54, 1.807) is 6.92 Å². The number of aromatic nitrogens is 1. The third-order valence-electron chi connectivity index (χ3n) is 3.01. The molecular weight excluding hydrogens is 274 g/mol. The van der Waals surface area contributed by atoms with Crippen LogP contribution >= 0.6 is 0 Å². The highest BCUT2D eigenvalue weighted by Gasteiger charge is 2.32. The van der Waals surface area contributed by atoms with E-state index in [0.717, 1.165) is 0 Å². The topological polar surface area (TPSA) is 93.3 Å². The Bertz CT molecular complexity index is 618. The third kappa shape index (κ3) is 2.99. The molecule has 0 radical (unpaired) electrons. The van der Waals surface area contributed by atoms with E-state index < -0.39 is 17.5 Å². The highest BCUT2D eigenvalue weighted by molar-refractivity contribution is 5.94. The van der Waals surface area contributed by atoms with Crippen molar-refractivity contribution in [3.05, 3.63) is 22.5 Å². The zero-order valence-corrected chi connectivity index (χ0v) is 13.0. The Morgan fingerprint density at radius 1 is 1.24 bits per heavy atom. The van der Waals surface area contributed by atoms with Crippen LogP contribution in [-0.4, -0.2) is 31.0 Å². The van der Waals surface area contributed by atoms with Crippen molar-refractivity contribution in [1.29, 1.82) is 5.26 Å². The predicted octanol–water partition coefficient (Wildman–Crippen LogP) is 2.06. The van der Waals surface area contributed by atoms with E-state index in [0.29, 0.717) is 11.4 Å². The number of nitriles is 1. The lowest BCUT2D eigenvalue weighted by molar-refractivity contribution is 0.0599. The summed E-state index contributed by atoms with van der Waals surface area (Å²) in [5, 5.41) is 9.42. The number of methoxy groups -OCH3 is 2. The van der Waals surface area contributed by atoms with Gasteiger partial charge in [-0.3, -0.25) is 4.68 Å². The van der Waals surface area contributed by atoms with Crippen LogP contribution in [0.15, 0.2) is 0 Å². The molecule has 0 aliphatic rings. The normalized spacial score (nSPS) is 10.7. The molecule has 0 unspecified atom stereocenters. The number of esters is 1. The van der Waals surface area contributed by atoms with Crippen molar-refractivity contribution in [2.75, 3.05) is 19.6 Å². The largest absolute Gasteiger partial charge is 0.465 e. The summed E-state index contributed by atoms with van der Waals surface area (Å²) >= 11 is 0. The fourth-order valence-corrected chi connectivity index (χ4v) is 2.14. The Kier molecular flexibility index (Phi) is 4.63. The van der Waals surface area contributed by atoms with Gasteiger partial charge in [0.1, 0.15) is 11.6 Å². The van der Waals surface area contributed by atoms with Crippen molar-refractivity contribution in [2.24, 2.45) is 0 Å². The van der Waals surface area contributed by atoms with Gasteiger partial charge in [-0.25, -0.2) is 15.0 Å². The molecule has 21 heavy (non-hydrogen) atoms. The Balaban J connectivity index is 3.70. The molecule has 7 heteroatoms. The first-order valence-electron chi connectivity index (χ1n) is 6.28. The molecule has 1 aromatic rings. The van der Waals surface area contributed by atoms with Crippen molar-refractivity contribution in [3.63, 3.8) is 0 Å². The zero-order valence-electron chi connectivity index (χ0n) is 13.0. The van der Waals surface area contributed by atoms with E-state index in [4.69, 9.17) is 4.74 Å². The molecule has 1 amide bonds. The molecule has 0 fully saturated rings. The van der Waals surface area contributed by atoms with Crippen LogP contribution in [0.1, 0.15) is 48.1 Å². The maximum atomic E-state index is 11.9. The maximum Gasteiger partial charge on any atom is 0.426 e. The lowest BCUT2D eigenvalue weighted by Gasteiger charge is -2.22. The summed E-state index contributed by atoms with van der Waals surface area (Å²) < 4.78 is 10.7. The molecule has 0 saturated heterocycles. The quantitative estimate of drug-likeness (QED) is 0.842. The van der Waals surface area contributed by atoms with Crippen LogP contribution in [0.3, 0.4) is 0 Å². The molecule has 0 aromatic carbocycles. The SMILES string of the molecule is COC(=O)Nn1c(C)c(C(=O)OC)c(C#N)c1C(C)(C)C. The molecule has 0 aliphatic carbocycles. The van der Waals surface area contributed by atoms with Crippen LogP contribution < -0.4 is 5.43 Å². The monoisotopic (exact) mass is 293 g/mol. The summed E-state index contributed by atoms with van der Waals surface area (Å²) in [6, 6.07) is 2.02. The van der Waals surface area contributed by atoms with E-state index in [9.17, 15) is 14.9 Å².